The van der Waals surface area contributed by atoms with Crippen LogP contribution < -0.4 is 5.32 Å². The van der Waals surface area contributed by atoms with Gasteiger partial charge >= 0.3 is 12.1 Å². The van der Waals surface area contributed by atoms with Crippen LogP contribution in [0, 0.1) is 0 Å². The summed E-state index contributed by atoms with van der Waals surface area (Å²) in [7, 11) is 0. The summed E-state index contributed by atoms with van der Waals surface area (Å²) in [6.07, 6.45) is 2.19. The SMILES string of the molecule is CC(C)(C)OC(=O)N1CCCN(C2CCNCC2)C1=O. The van der Waals surface area contributed by atoms with Crippen molar-refractivity contribution in [3.63, 3.8) is 0 Å². The summed E-state index contributed by atoms with van der Waals surface area (Å²) in [6.45, 7) is 8.48. The van der Waals surface area contributed by atoms with Gasteiger partial charge in [-0.2, -0.15) is 0 Å². The lowest BCUT2D eigenvalue weighted by atomic mass is 10.0. The lowest BCUT2D eigenvalue weighted by Gasteiger charge is -2.40. The van der Waals surface area contributed by atoms with Crippen molar-refractivity contribution in [1.82, 2.24) is 15.1 Å². The number of hydrogen-bond acceptors (Lipinski definition) is 4. The second-order valence-corrected chi connectivity index (χ2v) is 6.44. The van der Waals surface area contributed by atoms with E-state index in [9.17, 15) is 9.59 Å². The Bertz CT molecular complexity index is 372. The summed E-state index contributed by atoms with van der Waals surface area (Å²) in [5.41, 5.74) is -0.575. The number of amides is 3. The summed E-state index contributed by atoms with van der Waals surface area (Å²) in [5, 5.41) is 3.29. The average molecular weight is 283 g/mol. The van der Waals surface area contributed by atoms with E-state index in [0.717, 1.165) is 38.9 Å². The molecule has 2 rings (SSSR count). The third-order valence-electron chi connectivity index (χ3n) is 3.62. The average Bonchev–Trinajstić information content (AvgIpc) is 2.38. The van der Waals surface area contributed by atoms with E-state index in [2.05, 4.69) is 5.32 Å². The van der Waals surface area contributed by atoms with Gasteiger partial charge in [-0.15, -0.1) is 0 Å². The number of hydrogen-bond donors (Lipinski definition) is 1. The van der Waals surface area contributed by atoms with E-state index >= 15 is 0 Å². The molecule has 0 aromatic rings. The Morgan fingerprint density at radius 3 is 2.50 bits per heavy atom. The molecule has 0 radical (unpaired) electrons. The Labute approximate surface area is 120 Å². The second kappa shape index (κ2) is 5.99. The quantitative estimate of drug-likeness (QED) is 0.797. The normalized spacial score (nSPS) is 22.1. The van der Waals surface area contributed by atoms with E-state index in [1.807, 2.05) is 25.7 Å². The van der Waals surface area contributed by atoms with Crippen molar-refractivity contribution in [3.05, 3.63) is 0 Å². The smallest absolute Gasteiger partial charge is 0.418 e. The predicted molar refractivity (Wildman–Crippen MR) is 75.6 cm³/mol. The van der Waals surface area contributed by atoms with Crippen molar-refractivity contribution >= 4 is 12.1 Å². The van der Waals surface area contributed by atoms with Crippen molar-refractivity contribution in [2.24, 2.45) is 0 Å². The molecule has 0 saturated carbocycles. The first kappa shape index (κ1) is 15.1. The highest BCUT2D eigenvalue weighted by Crippen LogP contribution is 2.20. The van der Waals surface area contributed by atoms with Crippen LogP contribution in [0.4, 0.5) is 9.59 Å². The van der Waals surface area contributed by atoms with Gasteiger partial charge in [0.2, 0.25) is 0 Å². The van der Waals surface area contributed by atoms with Gasteiger partial charge in [0.05, 0.1) is 0 Å². The van der Waals surface area contributed by atoms with Gasteiger partial charge in [-0.05, 0) is 53.1 Å². The fourth-order valence-corrected chi connectivity index (χ4v) is 2.69. The number of nitrogens with zero attached hydrogens (tertiary/aromatic N) is 2. The van der Waals surface area contributed by atoms with Gasteiger partial charge in [0.15, 0.2) is 0 Å². The molecule has 0 spiro atoms. The minimum Gasteiger partial charge on any atom is -0.443 e. The van der Waals surface area contributed by atoms with E-state index in [4.69, 9.17) is 4.74 Å². The van der Waals surface area contributed by atoms with Gasteiger partial charge < -0.3 is 15.0 Å². The number of carbonyl (C=O) groups is 2. The summed E-state index contributed by atoms with van der Waals surface area (Å²) < 4.78 is 5.31. The summed E-state index contributed by atoms with van der Waals surface area (Å²) in [5.74, 6) is 0. The molecule has 20 heavy (non-hydrogen) atoms. The van der Waals surface area contributed by atoms with E-state index in [-0.39, 0.29) is 12.1 Å². The Hall–Kier alpha value is -1.30. The molecule has 0 aromatic carbocycles. The molecular formula is C14H25N3O3. The fourth-order valence-electron chi connectivity index (χ4n) is 2.69. The predicted octanol–water partition coefficient (Wildman–Crippen LogP) is 1.80. The molecule has 1 N–H and O–H groups in total. The second-order valence-electron chi connectivity index (χ2n) is 6.44. The Kier molecular flexibility index (Phi) is 4.52. The van der Waals surface area contributed by atoms with Crippen LogP contribution in [0.1, 0.15) is 40.0 Å². The molecule has 2 fully saturated rings. The molecule has 2 aliphatic rings. The zero-order valence-corrected chi connectivity index (χ0v) is 12.6. The minimum absolute atomic E-state index is 0.197. The molecule has 6 heteroatoms. The molecule has 6 nitrogen and oxygen atoms in total. The van der Waals surface area contributed by atoms with Crippen LogP contribution in [0.2, 0.25) is 0 Å². The molecule has 0 bridgehead atoms. The maximum atomic E-state index is 12.5. The van der Waals surface area contributed by atoms with Gasteiger partial charge in [-0.3, -0.25) is 0 Å². The third-order valence-corrected chi connectivity index (χ3v) is 3.62. The van der Waals surface area contributed by atoms with Crippen LogP contribution in [-0.4, -0.2) is 59.7 Å². The largest absolute Gasteiger partial charge is 0.443 e. The number of piperidine rings is 1. The van der Waals surface area contributed by atoms with Crippen molar-refractivity contribution in [2.45, 2.75) is 51.7 Å². The highest BCUT2D eigenvalue weighted by Gasteiger charge is 2.36. The minimum atomic E-state index is -0.575. The topological polar surface area (TPSA) is 61.9 Å². The summed E-state index contributed by atoms with van der Waals surface area (Å²) in [4.78, 5) is 27.7. The number of rotatable bonds is 1. The van der Waals surface area contributed by atoms with Crippen molar-refractivity contribution in [1.29, 1.82) is 0 Å². The van der Waals surface area contributed by atoms with Crippen LogP contribution in [0.5, 0.6) is 0 Å². The summed E-state index contributed by atoms with van der Waals surface area (Å²) >= 11 is 0. The van der Waals surface area contributed by atoms with E-state index in [1.54, 1.807) is 0 Å². The third kappa shape index (κ3) is 3.62. The fraction of sp³-hybridized carbons (Fsp3) is 0.857. The molecule has 0 aliphatic carbocycles. The van der Waals surface area contributed by atoms with Crippen LogP contribution >= 0.6 is 0 Å². The highest BCUT2D eigenvalue weighted by atomic mass is 16.6. The van der Waals surface area contributed by atoms with Crippen LogP contribution in [0.15, 0.2) is 0 Å². The number of carbonyl (C=O) groups excluding carboxylic acids is 2. The molecule has 2 saturated heterocycles. The van der Waals surface area contributed by atoms with Crippen LogP contribution in [0.25, 0.3) is 0 Å². The maximum Gasteiger partial charge on any atom is 0.418 e. The lowest BCUT2D eigenvalue weighted by Crippen LogP contribution is -2.57. The molecule has 3 amide bonds. The Morgan fingerprint density at radius 1 is 1.25 bits per heavy atom. The number of ether oxygens (including phenoxy) is 1. The zero-order valence-electron chi connectivity index (χ0n) is 12.6. The Balaban J connectivity index is 2.00. The molecular weight excluding hydrogens is 258 g/mol. The highest BCUT2D eigenvalue weighted by molar-refractivity contribution is 5.91. The molecule has 0 aromatic heterocycles. The molecule has 0 atom stereocenters. The number of imide groups is 1. The van der Waals surface area contributed by atoms with Crippen molar-refractivity contribution in [2.75, 3.05) is 26.2 Å². The standard InChI is InChI=1S/C14H25N3O3/c1-14(2,3)20-13(19)17-10-4-9-16(12(17)18)11-5-7-15-8-6-11/h11,15H,4-10H2,1-3H3. The first-order chi connectivity index (χ1) is 9.38. The van der Waals surface area contributed by atoms with E-state index in [1.165, 1.54) is 4.90 Å². The molecule has 2 heterocycles. The molecule has 2 aliphatic heterocycles. The van der Waals surface area contributed by atoms with Crippen molar-refractivity contribution < 1.29 is 14.3 Å². The Morgan fingerprint density at radius 2 is 1.90 bits per heavy atom. The first-order valence-corrected chi connectivity index (χ1v) is 7.40. The van der Waals surface area contributed by atoms with E-state index in [0.29, 0.717) is 6.54 Å². The zero-order chi connectivity index (χ0) is 14.8. The lowest BCUT2D eigenvalue weighted by molar-refractivity contribution is 0.0202. The van der Waals surface area contributed by atoms with Gasteiger partial charge in [-0.1, -0.05) is 0 Å². The van der Waals surface area contributed by atoms with Gasteiger partial charge in [0.1, 0.15) is 5.60 Å². The monoisotopic (exact) mass is 283 g/mol. The van der Waals surface area contributed by atoms with Crippen LogP contribution in [-0.2, 0) is 4.74 Å². The van der Waals surface area contributed by atoms with Gasteiger partial charge in [-0.25, -0.2) is 14.5 Å². The van der Waals surface area contributed by atoms with Crippen molar-refractivity contribution in [3.8, 4) is 0 Å². The van der Waals surface area contributed by atoms with Crippen LogP contribution in [0.3, 0.4) is 0 Å². The van der Waals surface area contributed by atoms with E-state index < -0.39 is 11.7 Å². The number of urea groups is 1. The maximum absolute atomic E-state index is 12.5. The molecule has 114 valence electrons. The van der Waals surface area contributed by atoms with Gasteiger partial charge in [0, 0.05) is 19.1 Å². The number of nitrogens with one attached hydrogen (secondary N) is 1. The van der Waals surface area contributed by atoms with Gasteiger partial charge in [0.25, 0.3) is 0 Å². The first-order valence-electron chi connectivity index (χ1n) is 7.40. The molecule has 0 unspecified atom stereocenters. The summed E-state index contributed by atoms with van der Waals surface area (Å²) in [6, 6.07) is 0.0476.